The molecule has 0 saturated carbocycles. The van der Waals surface area contributed by atoms with E-state index < -0.39 is 21.7 Å². The molecular weight excluding hydrogens is 278 g/mol. The van der Waals surface area contributed by atoms with E-state index in [1.165, 1.54) is 16.4 Å². The Hall–Kier alpha value is -0.950. The van der Waals surface area contributed by atoms with Crippen molar-refractivity contribution in [3.63, 3.8) is 0 Å². The third kappa shape index (κ3) is 3.20. The van der Waals surface area contributed by atoms with E-state index in [1.807, 2.05) is 0 Å². The molecule has 1 aromatic carbocycles. The third-order valence-corrected chi connectivity index (χ3v) is 5.46. The van der Waals surface area contributed by atoms with Crippen LogP contribution in [-0.4, -0.2) is 41.6 Å². The first-order chi connectivity index (χ1) is 9.22. The van der Waals surface area contributed by atoms with Crippen molar-refractivity contribution in [2.75, 3.05) is 13.1 Å². The van der Waals surface area contributed by atoms with Crippen LogP contribution in [0, 0.1) is 0 Å². The summed E-state index contributed by atoms with van der Waals surface area (Å²) in [4.78, 5) is 0.161. The molecule has 0 aromatic heterocycles. The van der Waals surface area contributed by atoms with E-state index >= 15 is 0 Å². The highest BCUT2D eigenvalue weighted by Crippen LogP contribution is 2.27. The molecule has 112 valence electrons. The number of aliphatic hydroxyl groups excluding tert-OH is 1. The molecule has 1 aliphatic rings. The van der Waals surface area contributed by atoms with Gasteiger partial charge in [-0.05, 0) is 44.4 Å². The normalized spacial score (nSPS) is 26.4. The zero-order chi connectivity index (χ0) is 15.0. The van der Waals surface area contributed by atoms with Crippen molar-refractivity contribution in [3.8, 4) is 0 Å². The summed E-state index contributed by atoms with van der Waals surface area (Å²) in [6.45, 7) is 3.77. The molecule has 2 atom stereocenters. The van der Waals surface area contributed by atoms with E-state index in [0.29, 0.717) is 24.9 Å². The fourth-order valence-electron chi connectivity index (χ4n) is 2.46. The molecule has 1 saturated heterocycles. The molecule has 2 N–H and O–H groups in total. The van der Waals surface area contributed by atoms with Crippen molar-refractivity contribution < 1.29 is 18.6 Å². The standard InChI is InChI=1S/C14H21NO4S/c1-11(16)12-5-3-6-13(9-12)20(18,19)15-8-4-7-14(2,17)10-15/h3,5-6,9,11,16-17H,4,7-8,10H2,1-2H3. The zero-order valence-corrected chi connectivity index (χ0v) is 12.6. The molecule has 0 spiro atoms. The summed E-state index contributed by atoms with van der Waals surface area (Å²) >= 11 is 0. The van der Waals surface area contributed by atoms with Crippen molar-refractivity contribution in [2.45, 2.75) is 43.3 Å². The zero-order valence-electron chi connectivity index (χ0n) is 11.8. The maximum absolute atomic E-state index is 12.6. The molecule has 2 rings (SSSR count). The number of hydrogen-bond donors (Lipinski definition) is 2. The van der Waals surface area contributed by atoms with E-state index in [4.69, 9.17) is 0 Å². The Morgan fingerprint density at radius 3 is 2.70 bits per heavy atom. The molecule has 0 aliphatic carbocycles. The lowest BCUT2D eigenvalue weighted by atomic mass is 9.97. The van der Waals surface area contributed by atoms with Gasteiger partial charge in [0.15, 0.2) is 0 Å². The fourth-order valence-corrected chi connectivity index (χ4v) is 4.11. The number of β-amino-alcohol motifs (C(OH)–C–C–N with tert-alkyl or cyclic N) is 1. The lowest BCUT2D eigenvalue weighted by molar-refractivity contribution is 0.00939. The van der Waals surface area contributed by atoms with Gasteiger partial charge in [0, 0.05) is 13.1 Å². The first-order valence-electron chi connectivity index (χ1n) is 6.73. The number of piperidine rings is 1. The molecule has 5 nitrogen and oxygen atoms in total. The summed E-state index contributed by atoms with van der Waals surface area (Å²) in [6, 6.07) is 6.32. The van der Waals surface area contributed by atoms with Crippen LogP contribution in [0.15, 0.2) is 29.2 Å². The molecule has 0 bridgehead atoms. The predicted molar refractivity (Wildman–Crippen MR) is 75.7 cm³/mol. The number of aliphatic hydroxyl groups is 2. The average Bonchev–Trinajstić information content (AvgIpc) is 2.37. The van der Waals surface area contributed by atoms with Crippen molar-refractivity contribution in [3.05, 3.63) is 29.8 Å². The second-order valence-corrected chi connectivity index (χ2v) is 7.63. The molecule has 1 heterocycles. The van der Waals surface area contributed by atoms with Crippen LogP contribution in [0.4, 0.5) is 0 Å². The second kappa shape index (κ2) is 5.44. The molecule has 20 heavy (non-hydrogen) atoms. The predicted octanol–water partition coefficient (Wildman–Crippen LogP) is 1.28. The van der Waals surface area contributed by atoms with Gasteiger partial charge in [-0.2, -0.15) is 4.31 Å². The number of nitrogens with zero attached hydrogens (tertiary/aromatic N) is 1. The molecule has 2 unspecified atom stereocenters. The van der Waals surface area contributed by atoms with Crippen molar-refractivity contribution in [1.82, 2.24) is 4.31 Å². The van der Waals surface area contributed by atoms with Crippen LogP contribution in [0.1, 0.15) is 38.4 Å². The van der Waals surface area contributed by atoms with Gasteiger partial charge in [-0.15, -0.1) is 0 Å². The van der Waals surface area contributed by atoms with Gasteiger partial charge < -0.3 is 10.2 Å². The SMILES string of the molecule is CC(O)c1cccc(S(=O)(=O)N2CCCC(C)(O)C2)c1. The topological polar surface area (TPSA) is 77.8 Å². The highest BCUT2D eigenvalue weighted by molar-refractivity contribution is 7.89. The monoisotopic (exact) mass is 299 g/mol. The summed E-state index contributed by atoms with van der Waals surface area (Å²) in [5.74, 6) is 0. The molecule has 0 amide bonds. The lowest BCUT2D eigenvalue weighted by Gasteiger charge is -2.36. The smallest absolute Gasteiger partial charge is 0.243 e. The van der Waals surface area contributed by atoms with E-state index in [9.17, 15) is 18.6 Å². The van der Waals surface area contributed by atoms with Gasteiger partial charge in [-0.3, -0.25) is 0 Å². The fraction of sp³-hybridized carbons (Fsp3) is 0.571. The van der Waals surface area contributed by atoms with Crippen LogP contribution in [-0.2, 0) is 10.0 Å². The number of benzene rings is 1. The van der Waals surface area contributed by atoms with Crippen LogP contribution < -0.4 is 0 Å². The van der Waals surface area contributed by atoms with E-state index in [0.717, 1.165) is 0 Å². The Kier molecular flexibility index (Phi) is 4.20. The van der Waals surface area contributed by atoms with Crippen molar-refractivity contribution in [2.24, 2.45) is 0 Å². The van der Waals surface area contributed by atoms with Gasteiger partial charge in [0.1, 0.15) is 0 Å². The van der Waals surface area contributed by atoms with Gasteiger partial charge >= 0.3 is 0 Å². The van der Waals surface area contributed by atoms with Gasteiger partial charge in [0.25, 0.3) is 0 Å². The number of hydrogen-bond acceptors (Lipinski definition) is 4. The molecule has 6 heteroatoms. The first-order valence-corrected chi connectivity index (χ1v) is 8.17. The average molecular weight is 299 g/mol. The second-order valence-electron chi connectivity index (χ2n) is 5.69. The summed E-state index contributed by atoms with van der Waals surface area (Å²) in [7, 11) is -3.63. The van der Waals surface area contributed by atoms with Crippen LogP contribution in [0.5, 0.6) is 0 Å². The summed E-state index contributed by atoms with van der Waals surface area (Å²) in [5.41, 5.74) is -0.414. The highest BCUT2D eigenvalue weighted by atomic mass is 32.2. The van der Waals surface area contributed by atoms with Crippen molar-refractivity contribution in [1.29, 1.82) is 0 Å². The minimum absolute atomic E-state index is 0.105. The van der Waals surface area contributed by atoms with E-state index in [1.54, 1.807) is 26.0 Å². The number of sulfonamides is 1. The molecule has 1 aromatic rings. The van der Waals surface area contributed by atoms with Crippen molar-refractivity contribution >= 4 is 10.0 Å². The van der Waals surface area contributed by atoms with Gasteiger partial charge in [-0.1, -0.05) is 12.1 Å². The summed E-state index contributed by atoms with van der Waals surface area (Å²) in [5, 5.41) is 19.6. The Morgan fingerprint density at radius 1 is 1.40 bits per heavy atom. The van der Waals surface area contributed by atoms with Crippen LogP contribution in [0.25, 0.3) is 0 Å². The first kappa shape index (κ1) is 15.4. The quantitative estimate of drug-likeness (QED) is 0.881. The third-order valence-electron chi connectivity index (χ3n) is 3.62. The molecule has 0 radical (unpaired) electrons. The number of rotatable bonds is 3. The van der Waals surface area contributed by atoms with E-state index in [2.05, 4.69) is 0 Å². The molecular formula is C14H21NO4S. The van der Waals surface area contributed by atoms with E-state index in [-0.39, 0.29) is 11.4 Å². The maximum atomic E-state index is 12.6. The Balaban J connectivity index is 2.33. The Bertz CT molecular complexity index is 581. The highest BCUT2D eigenvalue weighted by Gasteiger charge is 2.35. The van der Waals surface area contributed by atoms with Gasteiger partial charge in [0.2, 0.25) is 10.0 Å². The maximum Gasteiger partial charge on any atom is 0.243 e. The van der Waals surface area contributed by atoms with Crippen LogP contribution >= 0.6 is 0 Å². The largest absolute Gasteiger partial charge is 0.389 e. The minimum atomic E-state index is -3.63. The summed E-state index contributed by atoms with van der Waals surface area (Å²) in [6.07, 6.45) is 0.532. The van der Waals surface area contributed by atoms with Crippen LogP contribution in [0.3, 0.4) is 0 Å². The van der Waals surface area contributed by atoms with Crippen LogP contribution in [0.2, 0.25) is 0 Å². The Morgan fingerprint density at radius 2 is 2.10 bits per heavy atom. The molecule has 1 fully saturated rings. The van der Waals surface area contributed by atoms with Gasteiger partial charge in [-0.25, -0.2) is 8.42 Å². The molecule has 1 aliphatic heterocycles. The van der Waals surface area contributed by atoms with Gasteiger partial charge in [0.05, 0.1) is 16.6 Å². The lowest BCUT2D eigenvalue weighted by Crippen LogP contribution is -2.48. The summed E-state index contributed by atoms with van der Waals surface area (Å²) < 4.78 is 26.5. The minimum Gasteiger partial charge on any atom is -0.389 e. The Labute approximate surface area is 119 Å².